The van der Waals surface area contributed by atoms with Crippen LogP contribution in [0.25, 0.3) is 0 Å². The Morgan fingerprint density at radius 2 is 1.86 bits per heavy atom. The molecule has 0 atom stereocenters. The molecule has 116 valence electrons. The van der Waals surface area contributed by atoms with Crippen LogP contribution in [-0.4, -0.2) is 37.8 Å². The minimum absolute atomic E-state index is 0.180. The summed E-state index contributed by atoms with van der Waals surface area (Å²) in [7, 11) is 3.29. The number of benzene rings is 1. The predicted molar refractivity (Wildman–Crippen MR) is 80.9 cm³/mol. The van der Waals surface area contributed by atoms with E-state index < -0.39 is 5.97 Å². The first-order chi connectivity index (χ1) is 10.0. The van der Waals surface area contributed by atoms with Gasteiger partial charge in [-0.15, -0.1) is 0 Å². The lowest BCUT2D eigenvalue weighted by Gasteiger charge is -2.18. The van der Waals surface area contributed by atoms with Crippen molar-refractivity contribution in [3.63, 3.8) is 0 Å². The van der Waals surface area contributed by atoms with E-state index in [1.807, 2.05) is 12.1 Å². The summed E-state index contributed by atoms with van der Waals surface area (Å²) in [5, 5.41) is 11.3. The molecule has 2 N–H and O–H groups in total. The average molecular weight is 294 g/mol. The standard InChI is InChI=1S/C15H22N2O4/c1-17(12-7-9-13(21-2)10-8-12)15(20)16-11-5-3-4-6-14(18)19/h7-10H,3-6,11H2,1-2H3,(H,16,20)(H,18,19). The van der Waals surface area contributed by atoms with Crippen LogP contribution in [0.4, 0.5) is 10.5 Å². The summed E-state index contributed by atoms with van der Waals surface area (Å²) in [6.45, 7) is 0.541. The maximum atomic E-state index is 11.9. The van der Waals surface area contributed by atoms with Crippen molar-refractivity contribution in [1.29, 1.82) is 0 Å². The number of aliphatic carboxylic acids is 1. The smallest absolute Gasteiger partial charge is 0.321 e. The second kappa shape index (κ2) is 8.84. The summed E-state index contributed by atoms with van der Waals surface area (Å²) in [5.74, 6) is -0.0377. The number of nitrogens with one attached hydrogen (secondary N) is 1. The molecule has 1 aromatic carbocycles. The molecule has 0 unspecified atom stereocenters. The number of methoxy groups -OCH3 is 1. The van der Waals surface area contributed by atoms with E-state index in [2.05, 4.69) is 5.32 Å². The molecule has 1 aromatic rings. The normalized spacial score (nSPS) is 10.0. The molecule has 6 heteroatoms. The molecule has 0 aliphatic heterocycles. The van der Waals surface area contributed by atoms with Crippen LogP contribution < -0.4 is 15.0 Å². The fourth-order valence-corrected chi connectivity index (χ4v) is 1.81. The Labute approximate surface area is 124 Å². The molecule has 21 heavy (non-hydrogen) atoms. The molecule has 0 radical (unpaired) electrons. The van der Waals surface area contributed by atoms with Crippen molar-refractivity contribution in [2.24, 2.45) is 0 Å². The summed E-state index contributed by atoms with van der Waals surface area (Å²) < 4.78 is 5.07. The highest BCUT2D eigenvalue weighted by atomic mass is 16.5. The zero-order valence-corrected chi connectivity index (χ0v) is 12.5. The van der Waals surface area contributed by atoms with Gasteiger partial charge in [0.05, 0.1) is 7.11 Å². The van der Waals surface area contributed by atoms with Crippen molar-refractivity contribution in [1.82, 2.24) is 5.32 Å². The Bertz CT molecular complexity index is 459. The third kappa shape index (κ3) is 6.16. The Balaban J connectivity index is 2.28. The van der Waals surface area contributed by atoms with Gasteiger partial charge >= 0.3 is 12.0 Å². The lowest BCUT2D eigenvalue weighted by Crippen LogP contribution is -2.37. The van der Waals surface area contributed by atoms with Crippen LogP contribution >= 0.6 is 0 Å². The Hall–Kier alpha value is -2.24. The van der Waals surface area contributed by atoms with Gasteiger partial charge < -0.3 is 15.2 Å². The summed E-state index contributed by atoms with van der Waals surface area (Å²) in [5.41, 5.74) is 0.777. The summed E-state index contributed by atoms with van der Waals surface area (Å²) in [4.78, 5) is 23.8. The number of rotatable bonds is 8. The van der Waals surface area contributed by atoms with Crippen molar-refractivity contribution in [2.45, 2.75) is 25.7 Å². The van der Waals surface area contributed by atoms with Gasteiger partial charge in [-0.05, 0) is 37.1 Å². The number of carboxylic acids is 1. The number of anilines is 1. The molecule has 0 fully saturated rings. The maximum Gasteiger partial charge on any atom is 0.321 e. The van der Waals surface area contributed by atoms with Gasteiger partial charge in [0, 0.05) is 25.7 Å². The van der Waals surface area contributed by atoms with E-state index in [4.69, 9.17) is 9.84 Å². The Morgan fingerprint density at radius 1 is 1.19 bits per heavy atom. The lowest BCUT2D eigenvalue weighted by atomic mass is 10.2. The Morgan fingerprint density at radius 3 is 2.43 bits per heavy atom. The minimum Gasteiger partial charge on any atom is -0.497 e. The predicted octanol–water partition coefficient (Wildman–Crippen LogP) is 2.49. The second-order valence-electron chi connectivity index (χ2n) is 4.69. The Kier molecular flexibility index (Phi) is 7.08. The summed E-state index contributed by atoms with van der Waals surface area (Å²) >= 11 is 0. The average Bonchev–Trinajstić information content (AvgIpc) is 2.49. The fourth-order valence-electron chi connectivity index (χ4n) is 1.81. The number of carboxylic acid groups (broad SMARTS) is 1. The van der Waals surface area contributed by atoms with Crippen LogP contribution in [-0.2, 0) is 4.79 Å². The van der Waals surface area contributed by atoms with Gasteiger partial charge in [-0.3, -0.25) is 9.69 Å². The molecule has 0 aliphatic carbocycles. The molecule has 0 bridgehead atoms. The van der Waals surface area contributed by atoms with Gasteiger partial charge in [0.2, 0.25) is 0 Å². The zero-order valence-electron chi connectivity index (χ0n) is 12.5. The number of nitrogens with zero attached hydrogens (tertiary/aromatic N) is 1. The first-order valence-corrected chi connectivity index (χ1v) is 6.92. The third-order valence-electron chi connectivity index (χ3n) is 3.11. The van der Waals surface area contributed by atoms with Gasteiger partial charge in [-0.25, -0.2) is 4.79 Å². The van der Waals surface area contributed by atoms with Crippen molar-refractivity contribution < 1.29 is 19.4 Å². The first-order valence-electron chi connectivity index (χ1n) is 6.92. The van der Waals surface area contributed by atoms with Crippen molar-refractivity contribution >= 4 is 17.7 Å². The molecular weight excluding hydrogens is 272 g/mol. The number of hydrogen-bond donors (Lipinski definition) is 2. The van der Waals surface area contributed by atoms with E-state index in [1.165, 1.54) is 4.90 Å². The van der Waals surface area contributed by atoms with Crippen LogP contribution in [0.5, 0.6) is 5.75 Å². The molecule has 0 heterocycles. The molecular formula is C15H22N2O4. The second-order valence-corrected chi connectivity index (χ2v) is 4.69. The van der Waals surface area contributed by atoms with E-state index in [-0.39, 0.29) is 12.5 Å². The number of hydrogen-bond acceptors (Lipinski definition) is 3. The van der Waals surface area contributed by atoms with Crippen LogP contribution in [0.2, 0.25) is 0 Å². The molecule has 0 saturated carbocycles. The summed E-state index contributed by atoms with van der Waals surface area (Å²) in [6.07, 6.45) is 2.38. The van der Waals surface area contributed by atoms with Crippen molar-refractivity contribution in [2.75, 3.05) is 25.6 Å². The zero-order chi connectivity index (χ0) is 15.7. The topological polar surface area (TPSA) is 78.9 Å². The van der Waals surface area contributed by atoms with Gasteiger partial charge in [0.15, 0.2) is 0 Å². The fraction of sp³-hybridized carbons (Fsp3) is 0.467. The lowest BCUT2D eigenvalue weighted by molar-refractivity contribution is -0.137. The summed E-state index contributed by atoms with van der Waals surface area (Å²) in [6, 6.07) is 7.03. The van der Waals surface area contributed by atoms with Crippen LogP contribution in [0.15, 0.2) is 24.3 Å². The number of carbonyl (C=O) groups excluding carboxylic acids is 1. The number of amides is 2. The van der Waals surface area contributed by atoms with Crippen LogP contribution in [0, 0.1) is 0 Å². The van der Waals surface area contributed by atoms with Crippen LogP contribution in [0.3, 0.4) is 0 Å². The molecule has 0 saturated heterocycles. The van der Waals surface area contributed by atoms with Gasteiger partial charge in [0.1, 0.15) is 5.75 Å². The number of carbonyl (C=O) groups is 2. The monoisotopic (exact) mass is 294 g/mol. The van der Waals surface area contributed by atoms with E-state index in [9.17, 15) is 9.59 Å². The molecule has 6 nitrogen and oxygen atoms in total. The molecule has 1 rings (SSSR count). The number of unbranched alkanes of at least 4 members (excludes halogenated alkanes) is 2. The van der Waals surface area contributed by atoms with E-state index >= 15 is 0 Å². The number of urea groups is 1. The molecule has 0 aromatic heterocycles. The highest BCUT2D eigenvalue weighted by Crippen LogP contribution is 2.18. The van der Waals surface area contributed by atoms with Gasteiger partial charge in [0.25, 0.3) is 0 Å². The van der Waals surface area contributed by atoms with Gasteiger partial charge in [-0.2, -0.15) is 0 Å². The van der Waals surface area contributed by atoms with E-state index in [1.54, 1.807) is 26.3 Å². The largest absolute Gasteiger partial charge is 0.497 e. The highest BCUT2D eigenvalue weighted by molar-refractivity contribution is 5.91. The third-order valence-corrected chi connectivity index (χ3v) is 3.11. The SMILES string of the molecule is COc1ccc(N(C)C(=O)NCCCCCC(=O)O)cc1. The van der Waals surface area contributed by atoms with Crippen LogP contribution in [0.1, 0.15) is 25.7 Å². The molecule has 0 aliphatic rings. The number of ether oxygens (including phenoxy) is 1. The van der Waals surface area contributed by atoms with Gasteiger partial charge in [-0.1, -0.05) is 6.42 Å². The van der Waals surface area contributed by atoms with E-state index in [0.29, 0.717) is 13.0 Å². The minimum atomic E-state index is -0.779. The molecule has 0 spiro atoms. The first kappa shape index (κ1) is 16.8. The van der Waals surface area contributed by atoms with Crippen molar-refractivity contribution in [3.05, 3.63) is 24.3 Å². The highest BCUT2D eigenvalue weighted by Gasteiger charge is 2.09. The molecule has 2 amide bonds. The van der Waals surface area contributed by atoms with E-state index in [0.717, 1.165) is 24.3 Å². The van der Waals surface area contributed by atoms with Crippen molar-refractivity contribution in [3.8, 4) is 5.75 Å². The quantitative estimate of drug-likeness (QED) is 0.722. The maximum absolute atomic E-state index is 11.9.